The van der Waals surface area contributed by atoms with Crippen LogP contribution in [0.4, 0.5) is 0 Å². The Morgan fingerprint density at radius 2 is 2.13 bits per heavy atom. The highest BCUT2D eigenvalue weighted by Gasteiger charge is 2.30. The Hall–Kier alpha value is -1.60. The minimum absolute atomic E-state index is 0.0563. The molecule has 1 aliphatic rings. The summed E-state index contributed by atoms with van der Waals surface area (Å²) in [6.45, 7) is 5.03. The van der Waals surface area contributed by atoms with Gasteiger partial charge in [0.05, 0.1) is 10.9 Å². The van der Waals surface area contributed by atoms with Crippen LogP contribution in [0, 0.1) is 5.92 Å². The summed E-state index contributed by atoms with van der Waals surface area (Å²) in [6, 6.07) is 0. The van der Waals surface area contributed by atoms with E-state index in [1.54, 1.807) is 22.8 Å². The summed E-state index contributed by atoms with van der Waals surface area (Å²) in [6.07, 6.45) is 2.59. The zero-order valence-electron chi connectivity index (χ0n) is 13.9. The highest BCUT2D eigenvalue weighted by molar-refractivity contribution is 6.33. The molecule has 1 unspecified atom stereocenters. The van der Waals surface area contributed by atoms with Crippen LogP contribution in [0.1, 0.15) is 23.8 Å². The number of nitrogens with one attached hydrogen (secondary N) is 1. The van der Waals surface area contributed by atoms with Gasteiger partial charge in [-0.15, -0.1) is 0 Å². The van der Waals surface area contributed by atoms with Crippen molar-refractivity contribution in [3.05, 3.63) is 16.9 Å². The second-order valence-corrected chi connectivity index (χ2v) is 6.32. The smallest absolute Gasteiger partial charge is 0.275 e. The predicted molar refractivity (Wildman–Crippen MR) is 88.5 cm³/mol. The van der Waals surface area contributed by atoms with Crippen LogP contribution in [0.2, 0.25) is 5.02 Å². The maximum absolute atomic E-state index is 12.8. The van der Waals surface area contributed by atoms with E-state index in [0.29, 0.717) is 31.2 Å². The Kier molecular flexibility index (Phi) is 6.01. The van der Waals surface area contributed by atoms with Gasteiger partial charge in [0, 0.05) is 46.0 Å². The third kappa shape index (κ3) is 4.23. The molecule has 7 nitrogen and oxygen atoms in total. The van der Waals surface area contributed by atoms with Gasteiger partial charge in [0.25, 0.3) is 5.91 Å². The third-order valence-corrected chi connectivity index (χ3v) is 4.28. The Morgan fingerprint density at radius 1 is 1.39 bits per heavy atom. The van der Waals surface area contributed by atoms with E-state index in [1.165, 1.54) is 0 Å². The highest BCUT2D eigenvalue weighted by atomic mass is 35.5. The molecule has 1 saturated heterocycles. The lowest BCUT2D eigenvalue weighted by Gasteiger charge is -2.22. The molecule has 0 spiro atoms. The molecule has 1 aliphatic heterocycles. The molecular weight excluding hydrogens is 318 g/mol. The maximum atomic E-state index is 12.8. The molecule has 1 aromatic heterocycles. The normalized spacial score (nSPS) is 19.5. The maximum Gasteiger partial charge on any atom is 0.275 e. The lowest BCUT2D eigenvalue weighted by Crippen LogP contribution is -2.41. The molecule has 2 rings (SSSR count). The molecule has 0 saturated carbocycles. The number of halogens is 1. The van der Waals surface area contributed by atoms with Gasteiger partial charge in [-0.05, 0) is 13.5 Å². The molecule has 8 heteroatoms. The SMILES string of the molecule is CCCn1cc(Cl)c(C(=O)N2CCN(C)CC(C(=O)NC)C2)n1. The van der Waals surface area contributed by atoms with Gasteiger partial charge in [0.1, 0.15) is 0 Å². The number of carbonyl (C=O) groups is 2. The molecule has 2 amide bonds. The van der Waals surface area contributed by atoms with E-state index in [-0.39, 0.29) is 23.4 Å². The van der Waals surface area contributed by atoms with Crippen LogP contribution in [0.5, 0.6) is 0 Å². The number of nitrogens with zero attached hydrogens (tertiary/aromatic N) is 4. The number of amides is 2. The van der Waals surface area contributed by atoms with E-state index < -0.39 is 0 Å². The molecule has 1 N–H and O–H groups in total. The molecule has 0 bridgehead atoms. The summed E-state index contributed by atoms with van der Waals surface area (Å²) in [5.74, 6) is -0.527. The number of hydrogen-bond acceptors (Lipinski definition) is 4. The van der Waals surface area contributed by atoms with Gasteiger partial charge < -0.3 is 15.1 Å². The standard InChI is InChI=1S/C15H24ClN5O2/c1-4-5-21-10-12(16)13(18-21)15(23)20-7-6-19(3)8-11(9-20)14(22)17-2/h10-11H,4-9H2,1-3H3,(H,17,22). The van der Waals surface area contributed by atoms with E-state index in [2.05, 4.69) is 15.3 Å². The molecule has 128 valence electrons. The van der Waals surface area contributed by atoms with Crippen molar-refractivity contribution in [2.45, 2.75) is 19.9 Å². The van der Waals surface area contributed by atoms with Crippen molar-refractivity contribution in [3.8, 4) is 0 Å². The Morgan fingerprint density at radius 3 is 2.78 bits per heavy atom. The van der Waals surface area contributed by atoms with Crippen LogP contribution in [0.3, 0.4) is 0 Å². The molecule has 0 radical (unpaired) electrons. The number of rotatable bonds is 4. The number of aryl methyl sites for hydroxylation is 1. The van der Waals surface area contributed by atoms with Crippen molar-refractivity contribution in [2.24, 2.45) is 5.92 Å². The van der Waals surface area contributed by atoms with Crippen molar-refractivity contribution in [2.75, 3.05) is 40.3 Å². The van der Waals surface area contributed by atoms with Crippen molar-refractivity contribution < 1.29 is 9.59 Å². The molecular formula is C15H24ClN5O2. The van der Waals surface area contributed by atoms with Crippen molar-refractivity contribution in [1.82, 2.24) is 24.9 Å². The van der Waals surface area contributed by atoms with E-state index in [9.17, 15) is 9.59 Å². The average molecular weight is 342 g/mol. The average Bonchev–Trinajstić information content (AvgIpc) is 2.77. The van der Waals surface area contributed by atoms with Gasteiger partial charge in [0.2, 0.25) is 5.91 Å². The van der Waals surface area contributed by atoms with E-state index in [1.807, 2.05) is 14.0 Å². The minimum atomic E-state index is -0.257. The van der Waals surface area contributed by atoms with Gasteiger partial charge in [-0.3, -0.25) is 14.3 Å². The number of aromatic nitrogens is 2. The fourth-order valence-corrected chi connectivity index (χ4v) is 3.00. The van der Waals surface area contributed by atoms with Crippen molar-refractivity contribution in [3.63, 3.8) is 0 Å². The van der Waals surface area contributed by atoms with Crippen LogP contribution < -0.4 is 5.32 Å². The Bertz CT molecular complexity index is 574. The summed E-state index contributed by atoms with van der Waals surface area (Å²) in [4.78, 5) is 28.5. The van der Waals surface area contributed by atoms with Crippen molar-refractivity contribution in [1.29, 1.82) is 0 Å². The molecule has 1 atom stereocenters. The van der Waals surface area contributed by atoms with E-state index in [0.717, 1.165) is 13.0 Å². The van der Waals surface area contributed by atoms with Gasteiger partial charge in [-0.25, -0.2) is 0 Å². The topological polar surface area (TPSA) is 70.5 Å². The fraction of sp³-hybridized carbons (Fsp3) is 0.667. The lowest BCUT2D eigenvalue weighted by atomic mass is 10.1. The van der Waals surface area contributed by atoms with Crippen LogP contribution in [0.15, 0.2) is 6.20 Å². The zero-order valence-corrected chi connectivity index (χ0v) is 14.6. The second-order valence-electron chi connectivity index (χ2n) is 5.91. The Balaban J connectivity index is 2.18. The zero-order chi connectivity index (χ0) is 17.0. The summed E-state index contributed by atoms with van der Waals surface area (Å²) >= 11 is 6.17. The number of likely N-dealkylation sites (N-methyl/N-ethyl adjacent to an activating group) is 1. The quantitative estimate of drug-likeness (QED) is 0.875. The molecule has 0 aliphatic carbocycles. The first-order valence-corrected chi connectivity index (χ1v) is 8.26. The van der Waals surface area contributed by atoms with Gasteiger partial charge in [-0.1, -0.05) is 18.5 Å². The number of hydrogen-bond donors (Lipinski definition) is 1. The first kappa shape index (κ1) is 17.7. The van der Waals surface area contributed by atoms with E-state index >= 15 is 0 Å². The fourth-order valence-electron chi connectivity index (χ4n) is 2.76. The lowest BCUT2D eigenvalue weighted by molar-refractivity contribution is -0.125. The van der Waals surface area contributed by atoms with Crippen LogP contribution in [-0.2, 0) is 11.3 Å². The summed E-state index contributed by atoms with van der Waals surface area (Å²) in [5.41, 5.74) is 0.264. The van der Waals surface area contributed by atoms with Crippen molar-refractivity contribution >= 4 is 23.4 Å². The first-order valence-electron chi connectivity index (χ1n) is 7.88. The summed E-state index contributed by atoms with van der Waals surface area (Å²) < 4.78 is 1.69. The predicted octanol–water partition coefficient (Wildman–Crippen LogP) is 0.696. The number of carbonyl (C=O) groups excluding carboxylic acids is 2. The molecule has 23 heavy (non-hydrogen) atoms. The van der Waals surface area contributed by atoms with Gasteiger partial charge in [-0.2, -0.15) is 5.10 Å². The third-order valence-electron chi connectivity index (χ3n) is 4.00. The van der Waals surface area contributed by atoms with Crippen LogP contribution in [-0.4, -0.2) is 71.7 Å². The summed E-state index contributed by atoms with van der Waals surface area (Å²) in [5, 5.41) is 7.32. The highest BCUT2D eigenvalue weighted by Crippen LogP contribution is 2.18. The molecule has 2 heterocycles. The first-order chi connectivity index (χ1) is 11.0. The largest absolute Gasteiger partial charge is 0.359 e. The van der Waals surface area contributed by atoms with E-state index in [4.69, 9.17) is 11.6 Å². The van der Waals surface area contributed by atoms with Gasteiger partial charge >= 0.3 is 0 Å². The molecule has 1 fully saturated rings. The monoisotopic (exact) mass is 341 g/mol. The minimum Gasteiger partial charge on any atom is -0.359 e. The summed E-state index contributed by atoms with van der Waals surface area (Å²) in [7, 11) is 3.57. The second kappa shape index (κ2) is 7.79. The molecule has 0 aromatic carbocycles. The van der Waals surface area contributed by atoms with Gasteiger partial charge in [0.15, 0.2) is 5.69 Å². The Labute approximate surface area is 141 Å². The van der Waals surface area contributed by atoms with Crippen LogP contribution >= 0.6 is 11.6 Å². The van der Waals surface area contributed by atoms with Crippen LogP contribution in [0.25, 0.3) is 0 Å². The molecule has 1 aromatic rings.